The topological polar surface area (TPSA) is 41.6 Å². The van der Waals surface area contributed by atoms with Gasteiger partial charge in [-0.15, -0.1) is 0 Å². The molecule has 0 saturated carbocycles. The van der Waals surface area contributed by atoms with Crippen LogP contribution in [-0.2, 0) is 0 Å². The van der Waals surface area contributed by atoms with E-state index >= 15 is 0 Å². The highest BCUT2D eigenvalue weighted by Gasteiger charge is 2.24. The first-order valence-electron chi connectivity index (χ1n) is 9.49. The van der Waals surface area contributed by atoms with Crippen molar-refractivity contribution in [1.82, 2.24) is 10.2 Å². The Hall–Kier alpha value is -2.33. The number of hydrogen-bond donors (Lipinski definition) is 1. The zero-order chi connectivity index (χ0) is 18.4. The third kappa shape index (κ3) is 4.64. The van der Waals surface area contributed by atoms with E-state index in [1.54, 1.807) is 0 Å². The van der Waals surface area contributed by atoms with Crippen LogP contribution in [0.2, 0.25) is 0 Å². The van der Waals surface area contributed by atoms with E-state index in [4.69, 9.17) is 4.74 Å². The summed E-state index contributed by atoms with van der Waals surface area (Å²) < 4.78 is 5.44. The molecule has 1 aliphatic heterocycles. The van der Waals surface area contributed by atoms with Crippen molar-refractivity contribution < 1.29 is 9.53 Å². The van der Waals surface area contributed by atoms with E-state index in [1.807, 2.05) is 31.2 Å². The molecule has 1 fully saturated rings. The maximum atomic E-state index is 12.5. The van der Waals surface area contributed by atoms with Gasteiger partial charge in [-0.3, -0.25) is 9.69 Å². The highest BCUT2D eigenvalue weighted by molar-refractivity contribution is 5.94. The smallest absolute Gasteiger partial charge is 0.251 e. The van der Waals surface area contributed by atoms with Crippen LogP contribution in [0, 0.1) is 6.92 Å². The molecular weight excluding hydrogens is 324 g/mol. The average Bonchev–Trinajstić information content (AvgIpc) is 3.18. The van der Waals surface area contributed by atoms with Crippen LogP contribution < -0.4 is 10.1 Å². The molecule has 0 radical (unpaired) electrons. The normalized spacial score (nSPS) is 15.6. The average molecular weight is 352 g/mol. The molecule has 0 aromatic heterocycles. The van der Waals surface area contributed by atoms with E-state index in [0.717, 1.165) is 18.8 Å². The highest BCUT2D eigenvalue weighted by Crippen LogP contribution is 2.25. The lowest BCUT2D eigenvalue weighted by Crippen LogP contribution is -2.36. The second kappa shape index (κ2) is 8.86. The number of rotatable bonds is 7. The lowest BCUT2D eigenvalue weighted by molar-refractivity contribution is 0.0938. The largest absolute Gasteiger partial charge is 0.494 e. The first-order valence-corrected chi connectivity index (χ1v) is 9.49. The molecule has 26 heavy (non-hydrogen) atoms. The van der Waals surface area contributed by atoms with Gasteiger partial charge in [-0.05, 0) is 69.6 Å². The lowest BCUT2D eigenvalue weighted by Gasteiger charge is -2.28. The van der Waals surface area contributed by atoms with Gasteiger partial charge in [0.1, 0.15) is 5.75 Å². The maximum absolute atomic E-state index is 12.5. The molecule has 1 N–H and O–H groups in total. The van der Waals surface area contributed by atoms with E-state index in [2.05, 4.69) is 41.4 Å². The fourth-order valence-corrected chi connectivity index (χ4v) is 3.46. The second-order valence-corrected chi connectivity index (χ2v) is 6.84. The predicted octanol–water partition coefficient (Wildman–Crippen LogP) is 3.96. The molecule has 0 bridgehead atoms. The van der Waals surface area contributed by atoms with Crippen LogP contribution in [0.25, 0.3) is 0 Å². The molecule has 0 aliphatic carbocycles. The molecule has 4 heteroatoms. The molecule has 4 nitrogen and oxygen atoms in total. The van der Waals surface area contributed by atoms with Gasteiger partial charge in [0.15, 0.2) is 0 Å². The van der Waals surface area contributed by atoms with Gasteiger partial charge in [-0.2, -0.15) is 0 Å². The minimum atomic E-state index is -0.0376. The summed E-state index contributed by atoms with van der Waals surface area (Å²) >= 11 is 0. The summed E-state index contributed by atoms with van der Waals surface area (Å²) in [6.45, 7) is 7.48. The summed E-state index contributed by atoms with van der Waals surface area (Å²) in [6, 6.07) is 16.2. The monoisotopic (exact) mass is 352 g/mol. The maximum Gasteiger partial charge on any atom is 0.251 e. The van der Waals surface area contributed by atoms with Crippen molar-refractivity contribution in [1.29, 1.82) is 0 Å². The Balaban J connectivity index is 1.66. The number of nitrogens with zero attached hydrogens (tertiary/aromatic N) is 1. The second-order valence-electron chi connectivity index (χ2n) is 6.84. The van der Waals surface area contributed by atoms with Gasteiger partial charge in [-0.1, -0.05) is 29.8 Å². The van der Waals surface area contributed by atoms with Gasteiger partial charge in [-0.25, -0.2) is 0 Å². The molecule has 1 aliphatic rings. The summed E-state index contributed by atoms with van der Waals surface area (Å²) in [5.74, 6) is 0.753. The molecule has 3 rings (SSSR count). The number of aryl methyl sites for hydroxylation is 1. The molecule has 0 unspecified atom stereocenters. The van der Waals surface area contributed by atoms with E-state index in [-0.39, 0.29) is 11.9 Å². The number of hydrogen-bond acceptors (Lipinski definition) is 3. The van der Waals surface area contributed by atoms with Crippen molar-refractivity contribution in [2.45, 2.75) is 32.7 Å². The summed E-state index contributed by atoms with van der Waals surface area (Å²) in [5, 5.41) is 3.12. The van der Waals surface area contributed by atoms with Crippen molar-refractivity contribution in [3.63, 3.8) is 0 Å². The fraction of sp³-hybridized carbons (Fsp3) is 0.409. The van der Waals surface area contributed by atoms with E-state index in [1.165, 1.54) is 24.0 Å². The zero-order valence-corrected chi connectivity index (χ0v) is 15.7. The van der Waals surface area contributed by atoms with Crippen LogP contribution >= 0.6 is 0 Å². The summed E-state index contributed by atoms with van der Waals surface area (Å²) in [7, 11) is 0. The Morgan fingerprint density at radius 3 is 2.35 bits per heavy atom. The number of carbonyl (C=O) groups is 1. The third-order valence-corrected chi connectivity index (χ3v) is 4.93. The molecule has 0 spiro atoms. The first-order chi connectivity index (χ1) is 12.7. The molecule has 2 aromatic rings. The van der Waals surface area contributed by atoms with Gasteiger partial charge in [0.2, 0.25) is 0 Å². The molecule has 1 saturated heterocycles. The summed E-state index contributed by atoms with van der Waals surface area (Å²) in [4.78, 5) is 15.0. The molecule has 1 heterocycles. The molecule has 1 amide bonds. The van der Waals surface area contributed by atoms with Crippen LogP contribution in [-0.4, -0.2) is 37.0 Å². The van der Waals surface area contributed by atoms with Gasteiger partial charge < -0.3 is 10.1 Å². The Labute approximate surface area is 156 Å². The van der Waals surface area contributed by atoms with E-state index < -0.39 is 0 Å². The van der Waals surface area contributed by atoms with Crippen molar-refractivity contribution in [3.05, 3.63) is 65.2 Å². The highest BCUT2D eigenvalue weighted by atomic mass is 16.5. The fourth-order valence-electron chi connectivity index (χ4n) is 3.46. The zero-order valence-electron chi connectivity index (χ0n) is 15.7. The molecule has 2 aromatic carbocycles. The number of benzene rings is 2. The summed E-state index contributed by atoms with van der Waals surface area (Å²) in [6.07, 6.45) is 2.46. The van der Waals surface area contributed by atoms with Crippen molar-refractivity contribution >= 4 is 5.91 Å². The minimum absolute atomic E-state index is 0.0376. The number of amides is 1. The summed E-state index contributed by atoms with van der Waals surface area (Å²) in [5.41, 5.74) is 3.19. The van der Waals surface area contributed by atoms with Gasteiger partial charge in [0.05, 0.1) is 12.6 Å². The van der Waals surface area contributed by atoms with E-state index in [9.17, 15) is 4.79 Å². The van der Waals surface area contributed by atoms with Crippen LogP contribution in [0.1, 0.15) is 47.3 Å². The Morgan fingerprint density at radius 1 is 1.08 bits per heavy atom. The number of ether oxygens (including phenoxy) is 1. The lowest BCUT2D eigenvalue weighted by atomic mass is 10.0. The van der Waals surface area contributed by atoms with Gasteiger partial charge >= 0.3 is 0 Å². The third-order valence-electron chi connectivity index (χ3n) is 4.93. The molecule has 138 valence electrons. The molecule has 1 atom stereocenters. The SMILES string of the molecule is CCOc1ccc(C(=O)NC[C@@H](c2ccc(C)cc2)N2CCCC2)cc1. The van der Waals surface area contributed by atoms with Crippen LogP contribution in [0.15, 0.2) is 48.5 Å². The Kier molecular flexibility index (Phi) is 6.29. The van der Waals surface area contributed by atoms with Gasteiger partial charge in [0.25, 0.3) is 5.91 Å². The van der Waals surface area contributed by atoms with E-state index in [0.29, 0.717) is 18.7 Å². The predicted molar refractivity (Wildman–Crippen MR) is 105 cm³/mol. The number of nitrogens with one attached hydrogen (secondary N) is 1. The van der Waals surface area contributed by atoms with Crippen LogP contribution in [0.5, 0.6) is 5.75 Å². The Morgan fingerprint density at radius 2 is 1.73 bits per heavy atom. The van der Waals surface area contributed by atoms with Crippen LogP contribution in [0.3, 0.4) is 0 Å². The first kappa shape index (κ1) is 18.5. The quantitative estimate of drug-likeness (QED) is 0.820. The van der Waals surface area contributed by atoms with Crippen molar-refractivity contribution in [3.8, 4) is 5.75 Å². The number of carbonyl (C=O) groups excluding carboxylic acids is 1. The Bertz CT molecular complexity index is 704. The molecular formula is C22H28N2O2. The standard InChI is InChI=1S/C22H28N2O2/c1-3-26-20-12-10-19(11-13-20)22(25)23-16-21(24-14-4-5-15-24)18-8-6-17(2)7-9-18/h6-13,21H,3-5,14-16H2,1-2H3,(H,23,25)/t21-/m0/s1. The van der Waals surface area contributed by atoms with Gasteiger partial charge in [0, 0.05) is 12.1 Å². The number of likely N-dealkylation sites (tertiary alicyclic amines) is 1. The minimum Gasteiger partial charge on any atom is -0.494 e. The van der Waals surface area contributed by atoms with Crippen molar-refractivity contribution in [2.75, 3.05) is 26.2 Å². The van der Waals surface area contributed by atoms with Crippen LogP contribution in [0.4, 0.5) is 0 Å². The van der Waals surface area contributed by atoms with Crippen molar-refractivity contribution in [2.24, 2.45) is 0 Å².